The van der Waals surface area contributed by atoms with Gasteiger partial charge < -0.3 is 0 Å². The van der Waals surface area contributed by atoms with Crippen LogP contribution in [0.2, 0.25) is 10.0 Å². The van der Waals surface area contributed by atoms with E-state index in [4.69, 9.17) is 28.2 Å². The Morgan fingerprint density at radius 3 is 2.54 bits per heavy atom. The van der Waals surface area contributed by atoms with Crippen molar-refractivity contribution in [1.29, 1.82) is 0 Å². The highest BCUT2D eigenvalue weighted by Crippen LogP contribution is 2.42. The van der Waals surface area contributed by atoms with Gasteiger partial charge in [-0.25, -0.2) is 18.2 Å². The average Bonchev–Trinajstić information content (AvgIpc) is 3.21. The molecule has 0 saturated heterocycles. The molecular formula is C27H21Cl2F3N2S. The molecule has 35 heavy (non-hydrogen) atoms. The van der Waals surface area contributed by atoms with Crippen molar-refractivity contribution in [2.75, 3.05) is 0 Å². The van der Waals surface area contributed by atoms with Gasteiger partial charge in [-0.2, -0.15) is 0 Å². The first-order valence-corrected chi connectivity index (χ1v) is 13.0. The van der Waals surface area contributed by atoms with Gasteiger partial charge in [0.25, 0.3) is 0 Å². The molecule has 0 bridgehead atoms. The standard InChI is InChI=1S/C27H21Cl2F3N2S/c1-15-12-16(8-10-20(15)28)18-4-2-7-25-26(18)34(17-9-11-23(31)24(32)13-17)27(33-25)35-14-19-21(29)5-3-6-22(19)30/h3,5-6,8-13,18H,2,4,7,14H2,1H3. The van der Waals surface area contributed by atoms with E-state index in [1.165, 1.54) is 23.9 Å². The first kappa shape index (κ1) is 24.3. The van der Waals surface area contributed by atoms with Crippen LogP contribution in [0.4, 0.5) is 13.2 Å². The highest BCUT2D eigenvalue weighted by atomic mass is 35.5. The van der Waals surface area contributed by atoms with Crippen LogP contribution in [-0.2, 0) is 12.2 Å². The number of thioether (sulfide) groups is 1. The maximum Gasteiger partial charge on any atom is 0.173 e. The number of rotatable bonds is 5. The number of nitrogens with zero attached hydrogens (tertiary/aromatic N) is 2. The maximum absolute atomic E-state index is 14.4. The largest absolute Gasteiger partial charge is 0.291 e. The highest BCUT2D eigenvalue weighted by Gasteiger charge is 2.30. The van der Waals surface area contributed by atoms with Crippen LogP contribution in [-0.4, -0.2) is 9.55 Å². The summed E-state index contributed by atoms with van der Waals surface area (Å²) in [5.74, 6) is -2.00. The summed E-state index contributed by atoms with van der Waals surface area (Å²) in [6.45, 7) is 1.96. The van der Waals surface area contributed by atoms with Crippen molar-refractivity contribution >= 4 is 35.0 Å². The zero-order valence-corrected chi connectivity index (χ0v) is 21.1. The summed E-state index contributed by atoms with van der Waals surface area (Å²) in [5.41, 5.74) is 4.75. The van der Waals surface area contributed by atoms with Crippen molar-refractivity contribution in [2.45, 2.75) is 43.0 Å². The van der Waals surface area contributed by atoms with Crippen LogP contribution >= 0.6 is 35.0 Å². The van der Waals surface area contributed by atoms with E-state index in [1.807, 2.05) is 23.6 Å². The van der Waals surface area contributed by atoms with Gasteiger partial charge in [0.1, 0.15) is 5.82 Å². The molecule has 1 aliphatic rings. The fraction of sp³-hybridized carbons (Fsp3) is 0.222. The van der Waals surface area contributed by atoms with Crippen molar-refractivity contribution < 1.29 is 13.2 Å². The quantitative estimate of drug-likeness (QED) is 0.239. The topological polar surface area (TPSA) is 17.8 Å². The minimum absolute atomic E-state index is 0.00160. The smallest absolute Gasteiger partial charge is 0.173 e. The van der Waals surface area contributed by atoms with Gasteiger partial charge in [0.05, 0.1) is 17.1 Å². The second-order valence-electron chi connectivity index (χ2n) is 8.60. The summed E-state index contributed by atoms with van der Waals surface area (Å²) in [5, 5.41) is 1.61. The van der Waals surface area contributed by atoms with Crippen molar-refractivity contribution in [2.24, 2.45) is 0 Å². The summed E-state index contributed by atoms with van der Waals surface area (Å²) in [6.07, 6.45) is 2.59. The number of fused-ring (bicyclic) bond motifs is 1. The molecule has 3 aromatic carbocycles. The number of hydrogen-bond donors (Lipinski definition) is 0. The van der Waals surface area contributed by atoms with Crippen molar-refractivity contribution in [3.8, 4) is 5.69 Å². The van der Waals surface area contributed by atoms with Gasteiger partial charge in [0, 0.05) is 33.3 Å². The van der Waals surface area contributed by atoms with Crippen LogP contribution < -0.4 is 0 Å². The number of aryl methyl sites for hydroxylation is 2. The zero-order chi connectivity index (χ0) is 24.7. The van der Waals surface area contributed by atoms with Gasteiger partial charge in [-0.1, -0.05) is 53.2 Å². The van der Waals surface area contributed by atoms with Gasteiger partial charge in [-0.05, 0) is 67.6 Å². The van der Waals surface area contributed by atoms with E-state index >= 15 is 0 Å². The Balaban J connectivity index is 1.64. The van der Waals surface area contributed by atoms with E-state index in [2.05, 4.69) is 6.07 Å². The van der Waals surface area contributed by atoms with Crippen LogP contribution in [0.1, 0.15) is 46.8 Å². The van der Waals surface area contributed by atoms with E-state index in [-0.39, 0.29) is 11.7 Å². The lowest BCUT2D eigenvalue weighted by Gasteiger charge is -2.26. The first-order chi connectivity index (χ1) is 16.8. The Bertz CT molecular complexity index is 1400. The summed E-state index contributed by atoms with van der Waals surface area (Å²) in [6, 6.07) is 14.4. The third-order valence-electron chi connectivity index (χ3n) is 6.35. The molecule has 0 spiro atoms. The summed E-state index contributed by atoms with van der Waals surface area (Å²) in [7, 11) is 0. The fourth-order valence-electron chi connectivity index (χ4n) is 4.59. The first-order valence-electron chi connectivity index (χ1n) is 11.2. The molecule has 1 aliphatic carbocycles. The second-order valence-corrected chi connectivity index (χ2v) is 10.4. The van der Waals surface area contributed by atoms with E-state index in [0.29, 0.717) is 26.5 Å². The van der Waals surface area contributed by atoms with Gasteiger partial charge in [0.15, 0.2) is 16.8 Å². The summed E-state index contributed by atoms with van der Waals surface area (Å²) < 4.78 is 44.4. The van der Waals surface area contributed by atoms with Crippen LogP contribution in [0.5, 0.6) is 0 Å². The minimum atomic E-state index is -0.937. The van der Waals surface area contributed by atoms with E-state index < -0.39 is 17.5 Å². The SMILES string of the molecule is Cc1cc(C2CCCc3nc(SCc4c(F)cccc4Cl)n(-c4ccc(F)c(F)c4)c32)ccc1Cl. The molecule has 1 aromatic heterocycles. The Kier molecular flexibility index (Phi) is 6.88. The maximum atomic E-state index is 14.4. The summed E-state index contributed by atoms with van der Waals surface area (Å²) >= 11 is 13.8. The van der Waals surface area contributed by atoms with Crippen LogP contribution in [0, 0.1) is 24.4 Å². The number of hydrogen-bond acceptors (Lipinski definition) is 2. The molecule has 0 saturated carbocycles. The molecule has 0 N–H and O–H groups in total. The van der Waals surface area contributed by atoms with E-state index in [0.717, 1.165) is 47.8 Å². The number of benzene rings is 3. The Labute approximate surface area is 216 Å². The van der Waals surface area contributed by atoms with E-state index in [1.54, 1.807) is 18.2 Å². The third-order valence-corrected chi connectivity index (χ3v) is 8.09. The lowest BCUT2D eigenvalue weighted by atomic mass is 9.83. The normalized spacial score (nSPS) is 15.3. The molecule has 1 heterocycles. The lowest BCUT2D eigenvalue weighted by molar-refractivity contribution is 0.507. The van der Waals surface area contributed by atoms with E-state index in [9.17, 15) is 13.2 Å². The number of halogens is 5. The van der Waals surface area contributed by atoms with Crippen molar-refractivity contribution in [1.82, 2.24) is 9.55 Å². The molecule has 0 fully saturated rings. The molecule has 180 valence electrons. The fourth-order valence-corrected chi connectivity index (χ4v) is 6.09. The van der Waals surface area contributed by atoms with Crippen LogP contribution in [0.15, 0.2) is 59.8 Å². The van der Waals surface area contributed by atoms with Gasteiger partial charge in [-0.3, -0.25) is 4.57 Å². The van der Waals surface area contributed by atoms with Crippen molar-refractivity contribution in [3.63, 3.8) is 0 Å². The monoisotopic (exact) mass is 532 g/mol. The molecule has 0 radical (unpaired) electrons. The molecule has 8 heteroatoms. The highest BCUT2D eigenvalue weighted by molar-refractivity contribution is 7.98. The lowest BCUT2D eigenvalue weighted by Crippen LogP contribution is -2.15. The molecule has 0 aliphatic heterocycles. The average molecular weight is 533 g/mol. The Morgan fingerprint density at radius 2 is 1.80 bits per heavy atom. The van der Waals surface area contributed by atoms with Gasteiger partial charge in [-0.15, -0.1) is 0 Å². The summed E-state index contributed by atoms with van der Waals surface area (Å²) in [4.78, 5) is 4.89. The third kappa shape index (κ3) is 4.72. The molecular weight excluding hydrogens is 512 g/mol. The van der Waals surface area contributed by atoms with Crippen LogP contribution in [0.3, 0.4) is 0 Å². The van der Waals surface area contributed by atoms with Gasteiger partial charge in [0.2, 0.25) is 0 Å². The molecule has 1 unspecified atom stereocenters. The molecule has 4 aromatic rings. The predicted octanol–water partition coefficient (Wildman–Crippen LogP) is 8.67. The zero-order valence-electron chi connectivity index (χ0n) is 18.8. The molecule has 2 nitrogen and oxygen atoms in total. The number of imidazole rings is 1. The predicted molar refractivity (Wildman–Crippen MR) is 135 cm³/mol. The molecule has 1 atom stereocenters. The molecule has 5 rings (SSSR count). The Hall–Kier alpha value is -2.41. The van der Waals surface area contributed by atoms with Crippen LogP contribution in [0.25, 0.3) is 5.69 Å². The van der Waals surface area contributed by atoms with Crippen molar-refractivity contribution in [3.05, 3.63) is 110 Å². The molecule has 0 amide bonds. The minimum Gasteiger partial charge on any atom is -0.291 e. The Morgan fingerprint density at radius 1 is 0.971 bits per heavy atom. The number of aromatic nitrogens is 2. The van der Waals surface area contributed by atoms with Gasteiger partial charge >= 0.3 is 0 Å². The second kappa shape index (κ2) is 9.92.